The van der Waals surface area contributed by atoms with Gasteiger partial charge in [-0.25, -0.2) is 4.79 Å². The van der Waals surface area contributed by atoms with Crippen LogP contribution in [0.5, 0.6) is 0 Å². The van der Waals surface area contributed by atoms with Crippen LogP contribution in [0.4, 0.5) is 10.5 Å². The Bertz CT molecular complexity index is 833. The highest BCUT2D eigenvalue weighted by Gasteiger charge is 2.37. The highest BCUT2D eigenvalue weighted by Crippen LogP contribution is 2.27. The molecule has 7 nitrogen and oxygen atoms in total. The van der Waals surface area contributed by atoms with Crippen molar-refractivity contribution in [3.05, 3.63) is 59.4 Å². The van der Waals surface area contributed by atoms with Crippen LogP contribution < -0.4 is 10.6 Å². The monoisotopic (exact) mass is 338 g/mol. The maximum absolute atomic E-state index is 12.4. The minimum atomic E-state index is -0.402. The molecule has 128 valence electrons. The van der Waals surface area contributed by atoms with Gasteiger partial charge in [0.2, 0.25) is 0 Å². The lowest BCUT2D eigenvalue weighted by molar-refractivity contribution is 0.0609. The Morgan fingerprint density at radius 1 is 1.16 bits per heavy atom. The van der Waals surface area contributed by atoms with Crippen LogP contribution >= 0.6 is 0 Å². The first-order valence-corrected chi connectivity index (χ1v) is 7.93. The zero-order valence-electron chi connectivity index (χ0n) is 13.9. The summed E-state index contributed by atoms with van der Waals surface area (Å²) in [7, 11) is 0. The Morgan fingerprint density at radius 2 is 1.92 bits per heavy atom. The molecule has 0 atom stereocenters. The van der Waals surface area contributed by atoms with E-state index in [0.717, 1.165) is 5.56 Å². The molecule has 0 saturated heterocycles. The van der Waals surface area contributed by atoms with Crippen LogP contribution in [-0.4, -0.2) is 33.8 Å². The Morgan fingerprint density at radius 3 is 2.60 bits per heavy atom. The van der Waals surface area contributed by atoms with Gasteiger partial charge in [-0.1, -0.05) is 6.07 Å². The largest absolute Gasteiger partial charge is 0.334 e. The standard InChI is InChI=1S/C18H18N4O3/c1-11(2)22-16(23)14-6-5-13(8-15(14)17(22)24)21-18(25)20-10-12-4-3-7-19-9-12/h3-9,11H,10H2,1-2H3,(H2,20,21,25). The van der Waals surface area contributed by atoms with E-state index in [4.69, 9.17) is 0 Å². The topological polar surface area (TPSA) is 91.4 Å². The van der Waals surface area contributed by atoms with Crippen molar-refractivity contribution in [3.63, 3.8) is 0 Å². The smallest absolute Gasteiger partial charge is 0.319 e. The van der Waals surface area contributed by atoms with E-state index in [-0.39, 0.29) is 17.9 Å². The summed E-state index contributed by atoms with van der Waals surface area (Å²) in [6.07, 6.45) is 3.33. The lowest BCUT2D eigenvalue weighted by Crippen LogP contribution is -2.35. The number of benzene rings is 1. The fraction of sp³-hybridized carbons (Fsp3) is 0.222. The first kappa shape index (κ1) is 16.6. The van der Waals surface area contributed by atoms with Crippen molar-refractivity contribution in [2.24, 2.45) is 0 Å². The average Bonchev–Trinajstić information content (AvgIpc) is 2.84. The maximum atomic E-state index is 12.4. The maximum Gasteiger partial charge on any atom is 0.319 e. The quantitative estimate of drug-likeness (QED) is 0.838. The number of fused-ring (bicyclic) bond motifs is 1. The van der Waals surface area contributed by atoms with Gasteiger partial charge >= 0.3 is 6.03 Å². The summed E-state index contributed by atoms with van der Waals surface area (Å²) in [6.45, 7) is 3.91. The predicted octanol–water partition coefficient (Wildman–Crippen LogP) is 2.41. The highest BCUT2D eigenvalue weighted by atomic mass is 16.2. The van der Waals surface area contributed by atoms with Gasteiger partial charge in [-0.05, 0) is 43.7 Å². The lowest BCUT2D eigenvalue weighted by Gasteiger charge is -2.17. The number of aromatic nitrogens is 1. The fourth-order valence-electron chi connectivity index (χ4n) is 2.67. The number of hydrogen-bond acceptors (Lipinski definition) is 4. The highest BCUT2D eigenvalue weighted by molar-refractivity contribution is 6.22. The van der Waals surface area contributed by atoms with Gasteiger partial charge in [0, 0.05) is 30.7 Å². The van der Waals surface area contributed by atoms with Crippen molar-refractivity contribution in [2.45, 2.75) is 26.4 Å². The Labute approximate surface area is 145 Å². The second kappa shape index (κ2) is 6.72. The number of carbonyl (C=O) groups excluding carboxylic acids is 3. The molecule has 25 heavy (non-hydrogen) atoms. The molecule has 1 aromatic carbocycles. The molecule has 0 bridgehead atoms. The molecular formula is C18H18N4O3. The Balaban J connectivity index is 1.68. The van der Waals surface area contributed by atoms with Crippen molar-refractivity contribution in [1.82, 2.24) is 15.2 Å². The number of urea groups is 1. The number of pyridine rings is 1. The van der Waals surface area contributed by atoms with Crippen LogP contribution in [0, 0.1) is 0 Å². The molecular weight excluding hydrogens is 320 g/mol. The molecule has 0 aliphatic carbocycles. The summed E-state index contributed by atoms with van der Waals surface area (Å²) in [5.74, 6) is -0.642. The zero-order chi connectivity index (χ0) is 18.0. The number of amides is 4. The number of anilines is 1. The van der Waals surface area contributed by atoms with Crippen molar-refractivity contribution < 1.29 is 14.4 Å². The van der Waals surface area contributed by atoms with Crippen LogP contribution in [0.2, 0.25) is 0 Å². The first-order valence-electron chi connectivity index (χ1n) is 7.93. The molecule has 2 heterocycles. The summed E-state index contributed by atoms with van der Waals surface area (Å²) in [4.78, 5) is 41.8. The van der Waals surface area contributed by atoms with Gasteiger partial charge in [-0.2, -0.15) is 0 Å². The van der Waals surface area contributed by atoms with Gasteiger partial charge in [0.25, 0.3) is 11.8 Å². The third-order valence-electron chi connectivity index (χ3n) is 3.87. The molecule has 4 amide bonds. The summed E-state index contributed by atoms with van der Waals surface area (Å²) >= 11 is 0. The van der Waals surface area contributed by atoms with Crippen LogP contribution in [0.3, 0.4) is 0 Å². The average molecular weight is 338 g/mol. The molecule has 3 rings (SSSR count). The minimum Gasteiger partial charge on any atom is -0.334 e. The van der Waals surface area contributed by atoms with Crippen LogP contribution in [0.15, 0.2) is 42.7 Å². The number of carbonyl (C=O) groups is 3. The number of nitrogens with zero attached hydrogens (tertiary/aromatic N) is 2. The fourth-order valence-corrected chi connectivity index (χ4v) is 2.67. The van der Waals surface area contributed by atoms with E-state index in [1.807, 2.05) is 6.07 Å². The number of rotatable bonds is 4. The molecule has 1 aromatic heterocycles. The molecule has 0 fully saturated rings. The Hall–Kier alpha value is -3.22. The van der Waals surface area contributed by atoms with E-state index in [9.17, 15) is 14.4 Å². The molecule has 1 aliphatic rings. The number of nitrogens with one attached hydrogen (secondary N) is 2. The Kier molecular flexibility index (Phi) is 4.47. The summed E-state index contributed by atoms with van der Waals surface area (Å²) in [6, 6.07) is 7.73. The molecule has 1 aliphatic heterocycles. The second-order valence-electron chi connectivity index (χ2n) is 6.00. The lowest BCUT2D eigenvalue weighted by atomic mass is 10.1. The van der Waals surface area contributed by atoms with Crippen LogP contribution in [0.25, 0.3) is 0 Å². The summed E-state index contributed by atoms with van der Waals surface area (Å²) < 4.78 is 0. The van der Waals surface area contributed by atoms with Crippen molar-refractivity contribution in [1.29, 1.82) is 0 Å². The van der Waals surface area contributed by atoms with Crippen molar-refractivity contribution in [2.75, 3.05) is 5.32 Å². The normalized spacial score (nSPS) is 13.2. The van der Waals surface area contributed by atoms with E-state index in [1.165, 1.54) is 11.0 Å². The van der Waals surface area contributed by atoms with Gasteiger partial charge < -0.3 is 10.6 Å². The molecule has 0 radical (unpaired) electrons. The van der Waals surface area contributed by atoms with E-state index in [1.54, 1.807) is 44.4 Å². The third-order valence-corrected chi connectivity index (χ3v) is 3.87. The van der Waals surface area contributed by atoms with Gasteiger partial charge in [-0.15, -0.1) is 0 Å². The first-order chi connectivity index (χ1) is 12.0. The van der Waals surface area contributed by atoms with Gasteiger partial charge in [0.1, 0.15) is 0 Å². The molecule has 2 N–H and O–H groups in total. The van der Waals surface area contributed by atoms with E-state index in [0.29, 0.717) is 23.4 Å². The van der Waals surface area contributed by atoms with Crippen molar-refractivity contribution in [3.8, 4) is 0 Å². The molecule has 0 spiro atoms. The predicted molar refractivity (Wildman–Crippen MR) is 92.2 cm³/mol. The molecule has 0 unspecified atom stereocenters. The van der Waals surface area contributed by atoms with Gasteiger partial charge in [-0.3, -0.25) is 19.5 Å². The zero-order valence-corrected chi connectivity index (χ0v) is 13.9. The van der Waals surface area contributed by atoms with Crippen LogP contribution in [-0.2, 0) is 6.54 Å². The molecule has 7 heteroatoms. The second-order valence-corrected chi connectivity index (χ2v) is 6.00. The number of hydrogen-bond donors (Lipinski definition) is 2. The third kappa shape index (κ3) is 3.35. The number of imide groups is 1. The molecule has 2 aromatic rings. The summed E-state index contributed by atoms with van der Waals surface area (Å²) in [5.41, 5.74) is 2.00. The molecule has 0 saturated carbocycles. The van der Waals surface area contributed by atoms with E-state index < -0.39 is 6.03 Å². The van der Waals surface area contributed by atoms with Crippen molar-refractivity contribution >= 4 is 23.5 Å². The van der Waals surface area contributed by atoms with Gasteiger partial charge in [0.15, 0.2) is 0 Å². The van der Waals surface area contributed by atoms with Gasteiger partial charge in [0.05, 0.1) is 11.1 Å². The van der Waals surface area contributed by atoms with Crippen LogP contribution in [0.1, 0.15) is 40.1 Å². The van der Waals surface area contributed by atoms with E-state index in [2.05, 4.69) is 15.6 Å². The minimum absolute atomic E-state index is 0.216. The summed E-state index contributed by atoms with van der Waals surface area (Å²) in [5, 5.41) is 5.38. The SMILES string of the molecule is CC(C)N1C(=O)c2ccc(NC(=O)NCc3cccnc3)cc2C1=O. The van der Waals surface area contributed by atoms with E-state index >= 15 is 0 Å².